The largest absolute Gasteiger partial charge is 0.336 e. The number of sulfonamides is 1. The molecule has 1 fully saturated rings. The van der Waals surface area contributed by atoms with E-state index in [1.165, 1.54) is 4.31 Å². The monoisotopic (exact) mass is 437 g/mol. The third-order valence-electron chi connectivity index (χ3n) is 4.43. The van der Waals surface area contributed by atoms with Gasteiger partial charge in [0, 0.05) is 36.3 Å². The molecule has 0 atom stereocenters. The summed E-state index contributed by atoms with van der Waals surface area (Å²) in [5.74, 6) is -0.101. The summed E-state index contributed by atoms with van der Waals surface area (Å²) >= 11 is 3.31. The molecule has 1 aliphatic heterocycles. The third-order valence-corrected chi connectivity index (χ3v) is 6.87. The molecule has 1 saturated heterocycles. The van der Waals surface area contributed by atoms with Crippen molar-refractivity contribution in [2.24, 2.45) is 0 Å². The smallest absolute Gasteiger partial charge is 0.255 e. The van der Waals surface area contributed by atoms with Crippen LogP contribution in [0.25, 0.3) is 0 Å². The lowest BCUT2D eigenvalue weighted by molar-refractivity contribution is 0.0696. The number of aryl methyl sites for hydroxylation is 2. The zero-order valence-electron chi connectivity index (χ0n) is 14.6. The SMILES string of the molecule is Cc1ccc(C(=O)N2CCN(S(=O)(=O)c3ccc(Br)cc3)CC2)c(C)n1. The lowest BCUT2D eigenvalue weighted by Crippen LogP contribution is -2.50. The predicted molar refractivity (Wildman–Crippen MR) is 103 cm³/mol. The van der Waals surface area contributed by atoms with E-state index in [2.05, 4.69) is 20.9 Å². The first-order valence-corrected chi connectivity index (χ1v) is 10.5. The average molecular weight is 438 g/mol. The van der Waals surface area contributed by atoms with Crippen molar-refractivity contribution in [3.05, 3.63) is 57.8 Å². The van der Waals surface area contributed by atoms with Gasteiger partial charge in [0.15, 0.2) is 0 Å². The molecular formula is C18H20BrN3O3S. The van der Waals surface area contributed by atoms with E-state index in [0.29, 0.717) is 24.3 Å². The summed E-state index contributed by atoms with van der Waals surface area (Å²) in [7, 11) is -3.54. The average Bonchev–Trinajstić information content (AvgIpc) is 2.62. The van der Waals surface area contributed by atoms with E-state index in [0.717, 1.165) is 10.2 Å². The molecule has 0 saturated carbocycles. The summed E-state index contributed by atoms with van der Waals surface area (Å²) in [6.45, 7) is 4.98. The lowest BCUT2D eigenvalue weighted by atomic mass is 10.1. The number of carbonyl (C=O) groups is 1. The Bertz CT molecular complexity index is 921. The fourth-order valence-electron chi connectivity index (χ4n) is 2.97. The van der Waals surface area contributed by atoms with Crippen LogP contribution in [0.15, 0.2) is 45.8 Å². The second-order valence-electron chi connectivity index (χ2n) is 6.24. The van der Waals surface area contributed by atoms with Crippen LogP contribution >= 0.6 is 15.9 Å². The quantitative estimate of drug-likeness (QED) is 0.739. The summed E-state index contributed by atoms with van der Waals surface area (Å²) in [4.78, 5) is 19.0. The number of hydrogen-bond donors (Lipinski definition) is 0. The number of rotatable bonds is 3. The molecule has 1 amide bonds. The maximum atomic E-state index is 12.7. The summed E-state index contributed by atoms with van der Waals surface area (Å²) < 4.78 is 27.7. The van der Waals surface area contributed by atoms with Crippen LogP contribution < -0.4 is 0 Å². The Morgan fingerprint density at radius 1 is 1.00 bits per heavy atom. The topological polar surface area (TPSA) is 70.6 Å². The molecule has 1 aromatic carbocycles. The Hall–Kier alpha value is -1.77. The number of amides is 1. The van der Waals surface area contributed by atoms with Gasteiger partial charge in [0.25, 0.3) is 5.91 Å². The molecule has 0 spiro atoms. The fraction of sp³-hybridized carbons (Fsp3) is 0.333. The van der Waals surface area contributed by atoms with E-state index < -0.39 is 10.0 Å². The van der Waals surface area contributed by atoms with Gasteiger partial charge >= 0.3 is 0 Å². The van der Waals surface area contributed by atoms with E-state index in [4.69, 9.17) is 0 Å². The maximum absolute atomic E-state index is 12.7. The van der Waals surface area contributed by atoms with Gasteiger partial charge < -0.3 is 4.90 Å². The van der Waals surface area contributed by atoms with Gasteiger partial charge in [0.2, 0.25) is 10.0 Å². The molecule has 2 aromatic rings. The van der Waals surface area contributed by atoms with Crippen molar-refractivity contribution in [3.63, 3.8) is 0 Å². The zero-order valence-corrected chi connectivity index (χ0v) is 17.0. The first-order chi connectivity index (χ1) is 12.3. The molecule has 6 nitrogen and oxygen atoms in total. The predicted octanol–water partition coefficient (Wildman–Crippen LogP) is 2.61. The highest BCUT2D eigenvalue weighted by atomic mass is 79.9. The fourth-order valence-corrected chi connectivity index (χ4v) is 4.66. The first-order valence-electron chi connectivity index (χ1n) is 8.28. The molecule has 26 heavy (non-hydrogen) atoms. The van der Waals surface area contributed by atoms with Gasteiger partial charge in [-0.25, -0.2) is 8.42 Å². The molecule has 1 aromatic heterocycles. The van der Waals surface area contributed by atoms with Crippen LogP contribution in [0.1, 0.15) is 21.7 Å². The normalized spacial score (nSPS) is 15.9. The van der Waals surface area contributed by atoms with Gasteiger partial charge in [-0.1, -0.05) is 15.9 Å². The minimum atomic E-state index is -3.54. The Morgan fingerprint density at radius 2 is 1.62 bits per heavy atom. The second-order valence-corrected chi connectivity index (χ2v) is 9.09. The van der Waals surface area contributed by atoms with E-state index in [1.54, 1.807) is 35.2 Å². The second kappa shape index (κ2) is 7.46. The van der Waals surface area contributed by atoms with E-state index >= 15 is 0 Å². The highest BCUT2D eigenvalue weighted by Gasteiger charge is 2.30. The van der Waals surface area contributed by atoms with Crippen LogP contribution in [0.4, 0.5) is 0 Å². The van der Waals surface area contributed by atoms with Crippen LogP contribution in [0, 0.1) is 13.8 Å². The number of piperazine rings is 1. The summed E-state index contributed by atoms with van der Waals surface area (Å²) in [5, 5.41) is 0. The minimum absolute atomic E-state index is 0.101. The van der Waals surface area contributed by atoms with Crippen LogP contribution in [0.3, 0.4) is 0 Å². The van der Waals surface area contributed by atoms with Gasteiger partial charge in [-0.05, 0) is 50.2 Å². The number of pyridine rings is 1. The Morgan fingerprint density at radius 3 is 2.19 bits per heavy atom. The van der Waals surface area contributed by atoms with Gasteiger partial charge in [-0.15, -0.1) is 0 Å². The van der Waals surface area contributed by atoms with Crippen molar-refractivity contribution in [1.29, 1.82) is 0 Å². The van der Waals surface area contributed by atoms with Gasteiger partial charge in [0.1, 0.15) is 0 Å². The van der Waals surface area contributed by atoms with Crippen molar-refractivity contribution in [2.75, 3.05) is 26.2 Å². The molecule has 2 heterocycles. The first kappa shape index (κ1) is 19.0. The van der Waals surface area contributed by atoms with Crippen molar-refractivity contribution in [1.82, 2.24) is 14.2 Å². The molecule has 0 N–H and O–H groups in total. The van der Waals surface area contributed by atoms with Crippen LogP contribution in [-0.2, 0) is 10.0 Å². The molecular weight excluding hydrogens is 418 g/mol. The molecule has 0 bridgehead atoms. The van der Waals surface area contributed by atoms with E-state index in [9.17, 15) is 13.2 Å². The standard InChI is InChI=1S/C18H20BrN3O3S/c1-13-3-8-17(14(2)20-13)18(23)21-9-11-22(12-10-21)26(24,25)16-6-4-15(19)5-7-16/h3-8H,9-12H2,1-2H3. The summed E-state index contributed by atoms with van der Waals surface area (Å²) in [6.07, 6.45) is 0. The number of halogens is 1. The third kappa shape index (κ3) is 3.82. The molecule has 0 radical (unpaired) electrons. The van der Waals surface area contributed by atoms with Crippen LogP contribution in [0.2, 0.25) is 0 Å². The minimum Gasteiger partial charge on any atom is -0.336 e. The lowest BCUT2D eigenvalue weighted by Gasteiger charge is -2.34. The van der Waals surface area contributed by atoms with Crippen LogP contribution in [0.5, 0.6) is 0 Å². The Labute approximate surface area is 162 Å². The van der Waals surface area contributed by atoms with E-state index in [-0.39, 0.29) is 23.9 Å². The molecule has 138 valence electrons. The highest BCUT2D eigenvalue weighted by Crippen LogP contribution is 2.21. The van der Waals surface area contributed by atoms with Crippen molar-refractivity contribution in [2.45, 2.75) is 18.7 Å². The molecule has 8 heteroatoms. The van der Waals surface area contributed by atoms with Gasteiger partial charge in [-0.3, -0.25) is 9.78 Å². The number of hydrogen-bond acceptors (Lipinski definition) is 4. The number of carbonyl (C=O) groups excluding carboxylic acids is 1. The van der Waals surface area contributed by atoms with Crippen LogP contribution in [-0.4, -0.2) is 54.7 Å². The van der Waals surface area contributed by atoms with Gasteiger partial charge in [0.05, 0.1) is 16.2 Å². The van der Waals surface area contributed by atoms with Crippen molar-refractivity contribution >= 4 is 31.9 Å². The Kier molecular flexibility index (Phi) is 5.45. The number of benzene rings is 1. The molecule has 1 aliphatic rings. The highest BCUT2D eigenvalue weighted by molar-refractivity contribution is 9.10. The number of nitrogens with zero attached hydrogens (tertiary/aromatic N) is 3. The van der Waals surface area contributed by atoms with Gasteiger partial charge in [-0.2, -0.15) is 4.31 Å². The zero-order chi connectivity index (χ0) is 18.9. The molecule has 0 aliphatic carbocycles. The molecule has 3 rings (SSSR count). The maximum Gasteiger partial charge on any atom is 0.255 e. The van der Waals surface area contributed by atoms with Crippen molar-refractivity contribution in [3.8, 4) is 0 Å². The Balaban J connectivity index is 1.70. The number of aromatic nitrogens is 1. The molecule has 0 unspecified atom stereocenters. The summed E-state index contributed by atoms with van der Waals surface area (Å²) in [5.41, 5.74) is 2.13. The summed E-state index contributed by atoms with van der Waals surface area (Å²) in [6, 6.07) is 10.2. The van der Waals surface area contributed by atoms with Crippen molar-refractivity contribution < 1.29 is 13.2 Å². The van der Waals surface area contributed by atoms with E-state index in [1.807, 2.05) is 19.9 Å².